The molecule has 0 aromatic heterocycles. The number of hydrogen-bond acceptors (Lipinski definition) is 14. The average Bonchev–Trinajstić information content (AvgIpc) is 2.97. The van der Waals surface area contributed by atoms with E-state index in [-0.39, 0.29) is 17.1 Å². The van der Waals surface area contributed by atoms with Crippen LogP contribution in [0.1, 0.15) is 15.9 Å². The highest BCUT2D eigenvalue weighted by Gasteiger charge is 2.45. The maximum absolute atomic E-state index is 12.7. The van der Waals surface area contributed by atoms with Crippen molar-refractivity contribution >= 4 is 11.9 Å². The molecule has 14 nitrogen and oxygen atoms in total. The molecule has 0 saturated carbocycles. The number of aromatic hydroxyl groups is 1. The van der Waals surface area contributed by atoms with Crippen LogP contribution in [-0.2, 0) is 9.47 Å². The van der Waals surface area contributed by atoms with Crippen molar-refractivity contribution in [1.82, 2.24) is 0 Å². The number of rotatable bonds is 9. The van der Waals surface area contributed by atoms with Gasteiger partial charge in [0.2, 0.25) is 12.6 Å². The topological polar surface area (TPSA) is 236 Å². The summed E-state index contributed by atoms with van der Waals surface area (Å²) in [5, 5.41) is 88.6. The lowest BCUT2D eigenvalue weighted by atomic mass is 9.99. The van der Waals surface area contributed by atoms with Crippen LogP contribution in [0.4, 0.5) is 0 Å². The minimum atomic E-state index is -1.65. The lowest BCUT2D eigenvalue weighted by Crippen LogP contribution is -2.60. The van der Waals surface area contributed by atoms with Gasteiger partial charge in [-0.15, -0.1) is 0 Å². The maximum atomic E-state index is 12.7. The molecule has 2 fully saturated rings. The zero-order chi connectivity index (χ0) is 29.8. The molecule has 0 radical (unpaired) electrons. The van der Waals surface area contributed by atoms with E-state index < -0.39 is 86.2 Å². The Balaban J connectivity index is 1.36. The summed E-state index contributed by atoms with van der Waals surface area (Å²) in [7, 11) is 0. The molecular weight excluding hydrogens is 548 g/mol. The number of aliphatic hydroxyl groups excluding tert-OH is 8. The van der Waals surface area contributed by atoms with Crippen molar-refractivity contribution < 1.29 is 69.7 Å². The average molecular weight is 581 g/mol. The lowest BCUT2D eigenvalue weighted by molar-refractivity contribution is -0.277. The Morgan fingerprint density at radius 3 is 1.68 bits per heavy atom. The largest absolute Gasteiger partial charge is 0.507 e. The first-order valence-corrected chi connectivity index (χ1v) is 12.6. The Kier molecular flexibility index (Phi) is 9.93. The number of ether oxygens (including phenoxy) is 4. The minimum absolute atomic E-state index is 0.0117. The summed E-state index contributed by atoms with van der Waals surface area (Å²) in [6, 6.07) is 9.89. The standard InChI is InChI=1S/C27H32O14/c28-10-18-20(32)22(34)24(36)26(40-18)38-13-4-1-12(2-5-13)3-8-16(30)15-7-6-14(9-17(15)31)39-27-25(37)23(35)21(33)19(11-29)41-27/h1-9,18-29,31-37H,10-11H2. The van der Waals surface area contributed by atoms with E-state index in [2.05, 4.69) is 0 Å². The van der Waals surface area contributed by atoms with E-state index >= 15 is 0 Å². The van der Waals surface area contributed by atoms with Crippen molar-refractivity contribution in [2.24, 2.45) is 0 Å². The molecule has 2 heterocycles. The second-order valence-electron chi connectivity index (χ2n) is 9.58. The van der Waals surface area contributed by atoms with Crippen molar-refractivity contribution in [1.29, 1.82) is 0 Å². The molecule has 2 aromatic carbocycles. The molecule has 224 valence electrons. The minimum Gasteiger partial charge on any atom is -0.507 e. The number of carbonyl (C=O) groups is 1. The van der Waals surface area contributed by atoms with E-state index in [9.17, 15) is 50.8 Å². The fraction of sp³-hybridized carbons (Fsp3) is 0.444. The summed E-state index contributed by atoms with van der Waals surface area (Å²) in [5.41, 5.74) is 0.506. The van der Waals surface area contributed by atoms with Gasteiger partial charge in [-0.25, -0.2) is 0 Å². The van der Waals surface area contributed by atoms with Gasteiger partial charge in [0, 0.05) is 6.07 Å². The molecule has 2 aliphatic heterocycles. The summed E-state index contributed by atoms with van der Waals surface area (Å²) in [4.78, 5) is 12.7. The number of aliphatic hydroxyl groups is 8. The van der Waals surface area contributed by atoms with Crippen LogP contribution < -0.4 is 9.47 Å². The van der Waals surface area contributed by atoms with Gasteiger partial charge in [-0.05, 0) is 35.9 Å². The Labute approximate surface area is 233 Å². The molecule has 4 rings (SSSR count). The number of hydrogen-bond donors (Lipinski definition) is 9. The van der Waals surface area contributed by atoms with E-state index in [0.717, 1.165) is 6.07 Å². The molecule has 41 heavy (non-hydrogen) atoms. The third kappa shape index (κ3) is 6.85. The van der Waals surface area contributed by atoms with Crippen molar-refractivity contribution in [3.63, 3.8) is 0 Å². The first-order chi connectivity index (χ1) is 19.5. The van der Waals surface area contributed by atoms with Gasteiger partial charge in [0.15, 0.2) is 5.78 Å². The Morgan fingerprint density at radius 2 is 1.20 bits per heavy atom. The van der Waals surface area contributed by atoms with Crippen molar-refractivity contribution in [3.8, 4) is 17.2 Å². The van der Waals surface area contributed by atoms with Gasteiger partial charge in [-0.3, -0.25) is 4.79 Å². The monoisotopic (exact) mass is 580 g/mol. The predicted octanol–water partition coefficient (Wildman–Crippen LogP) is -2.35. The molecule has 0 bridgehead atoms. The van der Waals surface area contributed by atoms with Gasteiger partial charge >= 0.3 is 0 Å². The first-order valence-electron chi connectivity index (χ1n) is 12.6. The van der Waals surface area contributed by atoms with Crippen molar-refractivity contribution in [2.75, 3.05) is 13.2 Å². The maximum Gasteiger partial charge on any atom is 0.229 e. The van der Waals surface area contributed by atoms with Gasteiger partial charge in [0.25, 0.3) is 0 Å². The zero-order valence-electron chi connectivity index (χ0n) is 21.5. The van der Waals surface area contributed by atoms with Crippen molar-refractivity contribution in [3.05, 3.63) is 59.7 Å². The third-order valence-corrected chi connectivity index (χ3v) is 6.74. The highest BCUT2D eigenvalue weighted by Crippen LogP contribution is 2.29. The highest BCUT2D eigenvalue weighted by molar-refractivity contribution is 6.08. The van der Waals surface area contributed by atoms with Crippen LogP contribution in [-0.4, -0.2) is 126 Å². The number of carbonyl (C=O) groups excluding carboxylic acids is 1. The first kappa shape index (κ1) is 30.8. The zero-order valence-corrected chi connectivity index (χ0v) is 21.5. The second-order valence-corrected chi connectivity index (χ2v) is 9.58. The molecule has 0 aliphatic carbocycles. The molecule has 9 N–H and O–H groups in total. The predicted molar refractivity (Wildman–Crippen MR) is 137 cm³/mol. The van der Waals surface area contributed by atoms with Crippen LogP contribution in [0.3, 0.4) is 0 Å². The Bertz CT molecular complexity index is 1200. The smallest absolute Gasteiger partial charge is 0.229 e. The molecule has 2 aliphatic rings. The van der Waals surface area contributed by atoms with Gasteiger partial charge in [-0.1, -0.05) is 18.2 Å². The van der Waals surface area contributed by atoms with Gasteiger partial charge in [0.05, 0.1) is 18.8 Å². The fourth-order valence-corrected chi connectivity index (χ4v) is 4.31. The van der Waals surface area contributed by atoms with E-state index in [1.165, 1.54) is 36.4 Å². The van der Waals surface area contributed by atoms with Crippen LogP contribution in [0.2, 0.25) is 0 Å². The van der Waals surface area contributed by atoms with Crippen LogP contribution in [0.25, 0.3) is 6.08 Å². The molecule has 2 saturated heterocycles. The molecule has 2 aromatic rings. The van der Waals surface area contributed by atoms with Crippen molar-refractivity contribution in [2.45, 2.75) is 61.4 Å². The molecule has 10 unspecified atom stereocenters. The molecule has 0 amide bonds. The Morgan fingerprint density at radius 1 is 0.707 bits per heavy atom. The number of ketones is 1. The van der Waals surface area contributed by atoms with Gasteiger partial charge < -0.3 is 64.9 Å². The van der Waals surface area contributed by atoms with E-state index in [4.69, 9.17) is 18.9 Å². The number of benzene rings is 2. The Hall–Kier alpha value is -3.15. The van der Waals surface area contributed by atoms with Gasteiger partial charge in [0.1, 0.15) is 66.1 Å². The van der Waals surface area contributed by atoms with E-state index in [1.54, 1.807) is 12.1 Å². The third-order valence-electron chi connectivity index (χ3n) is 6.74. The van der Waals surface area contributed by atoms with Crippen LogP contribution in [0.15, 0.2) is 48.5 Å². The van der Waals surface area contributed by atoms with Crippen LogP contribution in [0.5, 0.6) is 17.2 Å². The summed E-state index contributed by atoms with van der Waals surface area (Å²) in [6.07, 6.45) is -11.9. The summed E-state index contributed by atoms with van der Waals surface area (Å²) in [5.74, 6) is -0.763. The van der Waals surface area contributed by atoms with Gasteiger partial charge in [-0.2, -0.15) is 0 Å². The summed E-state index contributed by atoms with van der Waals surface area (Å²) < 4.78 is 21.5. The normalized spacial score (nSPS) is 34.0. The molecule has 14 heteroatoms. The number of phenols is 1. The number of allylic oxidation sites excluding steroid dienone is 1. The molecule has 10 atom stereocenters. The van der Waals surface area contributed by atoms with E-state index in [0.29, 0.717) is 5.56 Å². The second kappa shape index (κ2) is 13.2. The lowest BCUT2D eigenvalue weighted by Gasteiger charge is -2.39. The molecule has 0 spiro atoms. The number of phenolic OH excluding ortho intramolecular Hbond substituents is 1. The van der Waals surface area contributed by atoms with E-state index in [1.807, 2.05) is 0 Å². The summed E-state index contributed by atoms with van der Waals surface area (Å²) >= 11 is 0. The molecular formula is C27H32O14. The van der Waals surface area contributed by atoms with Crippen LogP contribution >= 0.6 is 0 Å². The fourth-order valence-electron chi connectivity index (χ4n) is 4.31. The summed E-state index contributed by atoms with van der Waals surface area (Å²) in [6.45, 7) is -1.23. The highest BCUT2D eigenvalue weighted by atomic mass is 16.7. The quantitative estimate of drug-likeness (QED) is 0.112. The van der Waals surface area contributed by atoms with Crippen LogP contribution in [0, 0.1) is 0 Å². The SMILES string of the molecule is O=C(C=Cc1ccc(OC2OC(CO)C(O)C(O)C2O)cc1)c1ccc(OC2OC(CO)C(O)C(O)C2O)cc1O.